The van der Waals surface area contributed by atoms with Crippen LogP contribution >= 0.6 is 46.2 Å². The second-order valence-corrected chi connectivity index (χ2v) is 10.2. The molecule has 0 radical (unpaired) electrons. The first-order chi connectivity index (χ1) is 11.7. The van der Waals surface area contributed by atoms with Crippen molar-refractivity contribution in [3.05, 3.63) is 32.7 Å². The van der Waals surface area contributed by atoms with Crippen LogP contribution in [-0.4, -0.2) is 25.3 Å². The van der Waals surface area contributed by atoms with Gasteiger partial charge in [0.2, 0.25) is 0 Å². The van der Waals surface area contributed by atoms with Gasteiger partial charge < -0.3 is 0 Å². The highest BCUT2D eigenvalue weighted by molar-refractivity contribution is 8.02. The van der Waals surface area contributed by atoms with E-state index in [-0.39, 0.29) is 5.56 Å². The molecular weight excluding hydrogens is 380 g/mol. The van der Waals surface area contributed by atoms with Gasteiger partial charge in [0.1, 0.15) is 0 Å². The Morgan fingerprint density at radius 2 is 1.96 bits per heavy atom. The minimum Gasteiger partial charge on any atom is -0.269 e. The van der Waals surface area contributed by atoms with Crippen LogP contribution in [0.2, 0.25) is 0 Å². The third-order valence-corrected chi connectivity index (χ3v) is 8.06. The smallest absolute Gasteiger partial charge is 0.259 e. The Bertz CT molecular complexity index is 929. The zero-order valence-corrected chi connectivity index (χ0v) is 16.4. The number of thiazole rings is 1. The Hall–Kier alpha value is -0.900. The third kappa shape index (κ3) is 3.26. The van der Waals surface area contributed by atoms with Crippen molar-refractivity contribution >= 4 is 51.2 Å². The summed E-state index contributed by atoms with van der Waals surface area (Å²) in [6.45, 7) is 2.10. The van der Waals surface area contributed by atoms with Gasteiger partial charge in [0.15, 0.2) is 13.6 Å². The molecule has 0 aliphatic heterocycles. The van der Waals surface area contributed by atoms with Gasteiger partial charge in [-0.1, -0.05) is 41.8 Å². The summed E-state index contributed by atoms with van der Waals surface area (Å²) in [7, 11) is 0. The molecule has 3 aromatic rings. The summed E-state index contributed by atoms with van der Waals surface area (Å²) in [6.07, 6.45) is 4.45. The topological polar surface area (TPSA) is 60.2 Å². The Morgan fingerprint density at radius 3 is 2.79 bits per heavy atom. The average Bonchev–Trinajstić information content (AvgIpc) is 3.17. The van der Waals surface area contributed by atoms with E-state index in [4.69, 9.17) is 4.98 Å². The molecule has 0 spiro atoms. The molecule has 0 N–H and O–H groups in total. The SMILES string of the molecule is CCSc1nnc(SCc2cc(=O)n3c4c(sc3n2)CCCC4)s1. The standard InChI is InChI=1S/C15H16N4OS4/c1-2-21-14-17-18-15(24-14)22-8-9-7-12(20)19-10-5-3-4-6-11(10)23-13(19)16-9/h7H,2-6,8H2,1H3. The number of aryl methyl sites for hydroxylation is 2. The average molecular weight is 397 g/mol. The van der Waals surface area contributed by atoms with E-state index in [1.54, 1.807) is 52.3 Å². The lowest BCUT2D eigenvalue weighted by Crippen LogP contribution is -2.17. The predicted octanol–water partition coefficient (Wildman–Crippen LogP) is 3.89. The molecule has 0 amide bonds. The molecule has 0 saturated heterocycles. The summed E-state index contributed by atoms with van der Waals surface area (Å²) in [5.74, 6) is 1.65. The minimum absolute atomic E-state index is 0.0505. The zero-order valence-electron chi connectivity index (χ0n) is 13.2. The molecule has 3 aromatic heterocycles. The minimum atomic E-state index is 0.0505. The number of nitrogens with zero attached hydrogens (tertiary/aromatic N) is 4. The second kappa shape index (κ2) is 7.15. The predicted molar refractivity (Wildman–Crippen MR) is 102 cm³/mol. The van der Waals surface area contributed by atoms with E-state index in [0.717, 1.165) is 44.3 Å². The van der Waals surface area contributed by atoms with Crippen molar-refractivity contribution in [1.82, 2.24) is 19.6 Å². The first kappa shape index (κ1) is 16.6. The zero-order chi connectivity index (χ0) is 16.5. The maximum absolute atomic E-state index is 12.5. The van der Waals surface area contributed by atoms with Gasteiger partial charge in [0.25, 0.3) is 5.56 Å². The fraction of sp³-hybridized carbons (Fsp3) is 0.467. The summed E-state index contributed by atoms with van der Waals surface area (Å²) < 4.78 is 3.74. The third-order valence-electron chi connectivity index (χ3n) is 3.81. The molecule has 0 aromatic carbocycles. The van der Waals surface area contributed by atoms with Crippen molar-refractivity contribution in [3.63, 3.8) is 0 Å². The Morgan fingerprint density at radius 1 is 1.17 bits per heavy atom. The fourth-order valence-electron chi connectivity index (χ4n) is 2.79. The Labute approximate surface area is 155 Å². The second-order valence-electron chi connectivity index (χ2n) is 5.44. The van der Waals surface area contributed by atoms with Gasteiger partial charge >= 0.3 is 0 Å². The van der Waals surface area contributed by atoms with Gasteiger partial charge in [-0.05, 0) is 31.4 Å². The van der Waals surface area contributed by atoms with Crippen LogP contribution in [0.25, 0.3) is 4.96 Å². The molecule has 3 heterocycles. The van der Waals surface area contributed by atoms with Gasteiger partial charge in [-0.25, -0.2) is 4.98 Å². The van der Waals surface area contributed by atoms with E-state index < -0.39 is 0 Å². The molecule has 126 valence electrons. The molecule has 4 rings (SSSR count). The summed E-state index contributed by atoms with van der Waals surface area (Å²) in [6, 6.07) is 1.67. The van der Waals surface area contributed by atoms with E-state index in [0.29, 0.717) is 5.75 Å². The van der Waals surface area contributed by atoms with E-state index in [1.807, 2.05) is 4.40 Å². The van der Waals surface area contributed by atoms with Crippen LogP contribution in [0, 0.1) is 0 Å². The van der Waals surface area contributed by atoms with E-state index in [2.05, 4.69) is 17.1 Å². The molecule has 9 heteroatoms. The van der Waals surface area contributed by atoms with Crippen LogP contribution in [0.15, 0.2) is 19.5 Å². The molecule has 1 aliphatic rings. The summed E-state index contributed by atoms with van der Waals surface area (Å²) in [5.41, 5.74) is 2.06. The maximum Gasteiger partial charge on any atom is 0.259 e. The van der Waals surface area contributed by atoms with Crippen molar-refractivity contribution < 1.29 is 0 Å². The van der Waals surface area contributed by atoms with Gasteiger partial charge in [0.05, 0.1) is 5.69 Å². The highest BCUT2D eigenvalue weighted by Crippen LogP contribution is 2.31. The highest BCUT2D eigenvalue weighted by Gasteiger charge is 2.18. The molecule has 0 bridgehead atoms. The van der Waals surface area contributed by atoms with Crippen LogP contribution in [0.1, 0.15) is 36.0 Å². The summed E-state index contributed by atoms with van der Waals surface area (Å²) >= 11 is 6.58. The van der Waals surface area contributed by atoms with Crippen LogP contribution in [0.3, 0.4) is 0 Å². The quantitative estimate of drug-likeness (QED) is 0.610. The number of rotatable bonds is 5. The lowest BCUT2D eigenvalue weighted by molar-refractivity contribution is 0.670. The Kier molecular flexibility index (Phi) is 4.93. The maximum atomic E-state index is 12.5. The van der Waals surface area contributed by atoms with Gasteiger partial charge in [0, 0.05) is 22.4 Å². The van der Waals surface area contributed by atoms with Gasteiger partial charge in [-0.2, -0.15) is 0 Å². The molecular formula is C15H16N4OS4. The lowest BCUT2D eigenvalue weighted by Gasteiger charge is -2.09. The van der Waals surface area contributed by atoms with E-state index in [1.165, 1.54) is 17.0 Å². The number of hydrogen-bond acceptors (Lipinski definition) is 8. The fourth-order valence-corrected chi connectivity index (χ4v) is 6.83. The van der Waals surface area contributed by atoms with E-state index in [9.17, 15) is 4.79 Å². The highest BCUT2D eigenvalue weighted by atomic mass is 32.2. The molecule has 0 fully saturated rings. The molecule has 5 nitrogen and oxygen atoms in total. The Balaban J connectivity index is 1.57. The molecule has 0 atom stereocenters. The van der Waals surface area contributed by atoms with E-state index >= 15 is 0 Å². The monoisotopic (exact) mass is 396 g/mol. The number of aromatic nitrogens is 4. The van der Waals surface area contributed by atoms with Crippen LogP contribution < -0.4 is 5.56 Å². The van der Waals surface area contributed by atoms with Gasteiger partial charge in [-0.15, -0.1) is 21.5 Å². The number of hydrogen-bond donors (Lipinski definition) is 0. The van der Waals surface area contributed by atoms with Crippen LogP contribution in [-0.2, 0) is 18.6 Å². The molecule has 1 aliphatic carbocycles. The van der Waals surface area contributed by atoms with Crippen molar-refractivity contribution in [2.75, 3.05) is 5.75 Å². The largest absolute Gasteiger partial charge is 0.269 e. The van der Waals surface area contributed by atoms with Crippen molar-refractivity contribution in [2.24, 2.45) is 0 Å². The molecule has 0 saturated carbocycles. The first-order valence-corrected chi connectivity index (χ1v) is 11.5. The van der Waals surface area contributed by atoms with Crippen LogP contribution in [0.4, 0.5) is 0 Å². The van der Waals surface area contributed by atoms with Crippen molar-refractivity contribution in [3.8, 4) is 0 Å². The lowest BCUT2D eigenvalue weighted by atomic mass is 10.0. The summed E-state index contributed by atoms with van der Waals surface area (Å²) in [4.78, 5) is 19.4. The number of fused-ring (bicyclic) bond motifs is 3. The molecule has 24 heavy (non-hydrogen) atoms. The van der Waals surface area contributed by atoms with Crippen molar-refractivity contribution in [2.45, 2.75) is 47.0 Å². The normalized spacial score (nSPS) is 14.2. The first-order valence-electron chi connectivity index (χ1n) is 7.87. The molecule has 0 unspecified atom stereocenters. The number of thioether (sulfide) groups is 2. The summed E-state index contributed by atoms with van der Waals surface area (Å²) in [5, 5.41) is 8.35. The van der Waals surface area contributed by atoms with Gasteiger partial charge in [-0.3, -0.25) is 9.20 Å². The van der Waals surface area contributed by atoms with Crippen molar-refractivity contribution in [1.29, 1.82) is 0 Å². The van der Waals surface area contributed by atoms with Crippen LogP contribution in [0.5, 0.6) is 0 Å².